The summed E-state index contributed by atoms with van der Waals surface area (Å²) in [6, 6.07) is 11.6. The SMILES string of the molecule is COc1cc(Cl)c(C)cc1NC(=O)CCCOc1ccc(C(C)(C)C)cc1. The highest BCUT2D eigenvalue weighted by atomic mass is 35.5. The van der Waals surface area contributed by atoms with Crippen molar-refractivity contribution in [3.05, 3.63) is 52.5 Å². The van der Waals surface area contributed by atoms with Crippen molar-refractivity contribution in [1.29, 1.82) is 0 Å². The third kappa shape index (κ3) is 6.17. The number of halogens is 1. The highest BCUT2D eigenvalue weighted by Gasteiger charge is 2.13. The molecule has 4 nitrogen and oxygen atoms in total. The van der Waals surface area contributed by atoms with Crippen LogP contribution in [0.25, 0.3) is 0 Å². The minimum absolute atomic E-state index is 0.0818. The smallest absolute Gasteiger partial charge is 0.224 e. The molecule has 27 heavy (non-hydrogen) atoms. The van der Waals surface area contributed by atoms with E-state index in [4.69, 9.17) is 21.1 Å². The van der Waals surface area contributed by atoms with Crippen molar-refractivity contribution >= 4 is 23.2 Å². The van der Waals surface area contributed by atoms with Gasteiger partial charge < -0.3 is 14.8 Å². The van der Waals surface area contributed by atoms with Gasteiger partial charge in [0.2, 0.25) is 5.91 Å². The fraction of sp³-hybridized carbons (Fsp3) is 0.409. The lowest BCUT2D eigenvalue weighted by Gasteiger charge is -2.19. The molecule has 146 valence electrons. The van der Waals surface area contributed by atoms with Gasteiger partial charge >= 0.3 is 0 Å². The molecule has 1 N–H and O–H groups in total. The third-order valence-electron chi connectivity index (χ3n) is 4.29. The van der Waals surface area contributed by atoms with Gasteiger partial charge in [-0.05, 0) is 48.1 Å². The van der Waals surface area contributed by atoms with Gasteiger partial charge in [-0.3, -0.25) is 4.79 Å². The van der Waals surface area contributed by atoms with Gasteiger partial charge in [0.05, 0.1) is 19.4 Å². The maximum Gasteiger partial charge on any atom is 0.224 e. The van der Waals surface area contributed by atoms with Crippen LogP contribution in [0.1, 0.15) is 44.7 Å². The van der Waals surface area contributed by atoms with Crippen LogP contribution in [-0.2, 0) is 10.2 Å². The van der Waals surface area contributed by atoms with Crippen LogP contribution >= 0.6 is 11.6 Å². The zero-order valence-electron chi connectivity index (χ0n) is 16.7. The van der Waals surface area contributed by atoms with Crippen molar-refractivity contribution < 1.29 is 14.3 Å². The lowest BCUT2D eigenvalue weighted by Crippen LogP contribution is -2.14. The molecule has 0 saturated heterocycles. The molecule has 0 fully saturated rings. The number of amides is 1. The number of benzene rings is 2. The molecule has 0 aliphatic rings. The minimum Gasteiger partial charge on any atom is -0.495 e. The highest BCUT2D eigenvalue weighted by Crippen LogP contribution is 2.31. The Morgan fingerprint density at radius 3 is 2.41 bits per heavy atom. The van der Waals surface area contributed by atoms with Crippen LogP contribution in [-0.4, -0.2) is 19.6 Å². The number of carbonyl (C=O) groups excluding carboxylic acids is 1. The number of aryl methyl sites for hydroxylation is 1. The van der Waals surface area contributed by atoms with Crippen molar-refractivity contribution in [2.45, 2.75) is 46.0 Å². The topological polar surface area (TPSA) is 47.6 Å². The fourth-order valence-corrected chi connectivity index (χ4v) is 2.77. The predicted molar refractivity (Wildman–Crippen MR) is 111 cm³/mol. The number of rotatable bonds is 7. The third-order valence-corrected chi connectivity index (χ3v) is 4.70. The summed E-state index contributed by atoms with van der Waals surface area (Å²) in [5, 5.41) is 3.48. The first-order valence-corrected chi connectivity index (χ1v) is 9.46. The molecule has 0 bridgehead atoms. The van der Waals surface area contributed by atoms with Crippen molar-refractivity contribution in [1.82, 2.24) is 0 Å². The first-order chi connectivity index (χ1) is 12.7. The lowest BCUT2D eigenvalue weighted by molar-refractivity contribution is -0.116. The molecule has 0 aliphatic heterocycles. The van der Waals surface area contributed by atoms with E-state index in [0.717, 1.165) is 11.3 Å². The number of ether oxygens (including phenoxy) is 2. The van der Waals surface area contributed by atoms with Crippen LogP contribution in [0.2, 0.25) is 5.02 Å². The number of hydrogen-bond acceptors (Lipinski definition) is 3. The van der Waals surface area contributed by atoms with Crippen molar-refractivity contribution in [3.63, 3.8) is 0 Å². The Bertz CT molecular complexity index is 779. The van der Waals surface area contributed by atoms with Gasteiger partial charge in [0.1, 0.15) is 11.5 Å². The number of methoxy groups -OCH3 is 1. The summed E-state index contributed by atoms with van der Waals surface area (Å²) in [6.45, 7) is 8.91. The molecule has 0 heterocycles. The molecule has 0 aliphatic carbocycles. The Hall–Kier alpha value is -2.20. The predicted octanol–water partition coefficient (Wildman–Crippen LogP) is 5.75. The largest absolute Gasteiger partial charge is 0.495 e. The van der Waals surface area contributed by atoms with E-state index >= 15 is 0 Å². The highest BCUT2D eigenvalue weighted by molar-refractivity contribution is 6.31. The molecule has 0 unspecified atom stereocenters. The second-order valence-electron chi connectivity index (χ2n) is 7.58. The molecule has 0 spiro atoms. The second kappa shape index (κ2) is 9.14. The van der Waals surface area contributed by atoms with Crippen LogP contribution in [0.15, 0.2) is 36.4 Å². The molecule has 1 amide bonds. The average Bonchev–Trinajstić information content (AvgIpc) is 2.61. The molecular weight excluding hydrogens is 362 g/mol. The van der Waals surface area contributed by atoms with E-state index in [1.54, 1.807) is 13.2 Å². The summed E-state index contributed by atoms with van der Waals surface area (Å²) >= 11 is 6.09. The maximum atomic E-state index is 12.2. The second-order valence-corrected chi connectivity index (χ2v) is 7.98. The van der Waals surface area contributed by atoms with Crippen LogP contribution in [0.5, 0.6) is 11.5 Å². The zero-order valence-corrected chi connectivity index (χ0v) is 17.4. The molecule has 5 heteroatoms. The number of anilines is 1. The Labute approximate surface area is 166 Å². The first kappa shape index (κ1) is 21.1. The molecule has 0 saturated carbocycles. The first-order valence-electron chi connectivity index (χ1n) is 9.08. The normalized spacial score (nSPS) is 11.2. The van der Waals surface area contributed by atoms with E-state index in [1.165, 1.54) is 5.56 Å². The monoisotopic (exact) mass is 389 g/mol. The summed E-state index contributed by atoms with van der Waals surface area (Å²) in [7, 11) is 1.55. The summed E-state index contributed by atoms with van der Waals surface area (Å²) in [6.07, 6.45) is 0.993. The average molecular weight is 390 g/mol. The van der Waals surface area contributed by atoms with Crippen LogP contribution in [0.4, 0.5) is 5.69 Å². The van der Waals surface area contributed by atoms with Crippen LogP contribution in [0.3, 0.4) is 0 Å². The molecular formula is C22H28ClNO3. The van der Waals surface area contributed by atoms with Gasteiger partial charge in [-0.1, -0.05) is 44.5 Å². The zero-order chi connectivity index (χ0) is 20.0. The van der Waals surface area contributed by atoms with Crippen molar-refractivity contribution in [2.24, 2.45) is 0 Å². The quantitative estimate of drug-likeness (QED) is 0.613. The summed E-state index contributed by atoms with van der Waals surface area (Å²) < 4.78 is 11.0. The van der Waals surface area contributed by atoms with Crippen molar-refractivity contribution in [3.8, 4) is 11.5 Å². The van der Waals surface area contributed by atoms with Crippen LogP contribution < -0.4 is 14.8 Å². The van der Waals surface area contributed by atoms with Gasteiger partial charge in [-0.2, -0.15) is 0 Å². The number of carbonyl (C=O) groups is 1. The summed E-state index contributed by atoms with van der Waals surface area (Å²) in [4.78, 5) is 12.2. The van der Waals surface area contributed by atoms with E-state index in [-0.39, 0.29) is 11.3 Å². The van der Waals surface area contributed by atoms with E-state index in [2.05, 4.69) is 38.2 Å². The number of hydrogen-bond donors (Lipinski definition) is 1. The Morgan fingerprint density at radius 1 is 1.15 bits per heavy atom. The van der Waals surface area contributed by atoms with Gasteiger partial charge in [0.15, 0.2) is 0 Å². The molecule has 2 rings (SSSR count). The van der Waals surface area contributed by atoms with Gasteiger partial charge in [0, 0.05) is 17.5 Å². The molecule has 2 aromatic carbocycles. The molecule has 0 radical (unpaired) electrons. The van der Waals surface area contributed by atoms with E-state index in [9.17, 15) is 4.79 Å². The minimum atomic E-state index is -0.0818. The molecule has 0 aromatic heterocycles. The van der Waals surface area contributed by atoms with Crippen LogP contribution in [0, 0.1) is 6.92 Å². The standard InChI is InChI=1S/C22H28ClNO3/c1-15-13-19(20(26-5)14-18(15)23)24-21(25)7-6-12-27-17-10-8-16(9-11-17)22(2,3)4/h8-11,13-14H,6-7,12H2,1-5H3,(H,24,25). The van der Waals surface area contributed by atoms with Gasteiger partial charge in [-0.25, -0.2) is 0 Å². The molecule has 0 atom stereocenters. The maximum absolute atomic E-state index is 12.2. The van der Waals surface area contributed by atoms with E-state index < -0.39 is 0 Å². The number of nitrogens with one attached hydrogen (secondary N) is 1. The summed E-state index contributed by atoms with van der Waals surface area (Å²) in [5.41, 5.74) is 2.90. The Kier molecular flexibility index (Phi) is 7.14. The fourth-order valence-electron chi connectivity index (χ4n) is 2.62. The Balaban J connectivity index is 1.81. The lowest BCUT2D eigenvalue weighted by atomic mass is 9.87. The van der Waals surface area contributed by atoms with E-state index in [1.807, 2.05) is 25.1 Å². The van der Waals surface area contributed by atoms with Crippen molar-refractivity contribution in [2.75, 3.05) is 19.0 Å². The Morgan fingerprint density at radius 2 is 1.81 bits per heavy atom. The summed E-state index contributed by atoms with van der Waals surface area (Å²) in [5.74, 6) is 1.29. The van der Waals surface area contributed by atoms with E-state index in [0.29, 0.717) is 35.9 Å². The van der Waals surface area contributed by atoms with Gasteiger partial charge in [-0.15, -0.1) is 0 Å². The molecule has 2 aromatic rings. The van der Waals surface area contributed by atoms with Gasteiger partial charge in [0.25, 0.3) is 0 Å².